The molecule has 0 saturated heterocycles. The quantitative estimate of drug-likeness (QED) is 0.619. The van der Waals surface area contributed by atoms with Crippen LogP contribution in [-0.2, 0) is 4.74 Å². The van der Waals surface area contributed by atoms with Crippen molar-refractivity contribution in [1.29, 1.82) is 0 Å². The Hall–Kier alpha value is -0.340. The fraction of sp³-hybridized carbons (Fsp3) is 0.818. The Kier molecular flexibility index (Phi) is 6.92. The molecular weight excluding hydrogens is 164 g/mol. The standard InChI is InChI=1S/C11H22O2/c1-5-9(4)8-10(12)11(6-2)13-7-3/h10-12H,4-8H2,1-3H3. The number of aliphatic hydroxyl groups excluding tert-OH is 1. The Morgan fingerprint density at radius 1 is 1.38 bits per heavy atom. The van der Waals surface area contributed by atoms with Crippen molar-refractivity contribution in [3.05, 3.63) is 12.2 Å². The first-order chi connectivity index (χ1) is 6.15. The summed E-state index contributed by atoms with van der Waals surface area (Å²) in [7, 11) is 0. The predicted molar refractivity (Wildman–Crippen MR) is 55.8 cm³/mol. The van der Waals surface area contributed by atoms with Crippen LogP contribution >= 0.6 is 0 Å². The Balaban J connectivity index is 3.89. The lowest BCUT2D eigenvalue weighted by Gasteiger charge is -2.21. The third-order valence-electron chi connectivity index (χ3n) is 2.21. The molecule has 2 heteroatoms. The second-order valence-electron chi connectivity index (χ2n) is 3.28. The van der Waals surface area contributed by atoms with E-state index < -0.39 is 6.10 Å². The average Bonchev–Trinajstić information content (AvgIpc) is 2.13. The normalized spacial score (nSPS) is 15.4. The molecule has 0 radical (unpaired) electrons. The highest BCUT2D eigenvalue weighted by atomic mass is 16.5. The highest BCUT2D eigenvalue weighted by Gasteiger charge is 2.17. The summed E-state index contributed by atoms with van der Waals surface area (Å²) in [5, 5.41) is 9.76. The first kappa shape index (κ1) is 12.7. The molecule has 2 atom stereocenters. The highest BCUT2D eigenvalue weighted by Crippen LogP contribution is 2.14. The summed E-state index contributed by atoms with van der Waals surface area (Å²) in [5.41, 5.74) is 1.09. The van der Waals surface area contributed by atoms with Gasteiger partial charge in [0.2, 0.25) is 0 Å². The van der Waals surface area contributed by atoms with Gasteiger partial charge in [0.05, 0.1) is 12.2 Å². The molecule has 0 aromatic heterocycles. The zero-order chi connectivity index (χ0) is 10.3. The van der Waals surface area contributed by atoms with Gasteiger partial charge < -0.3 is 9.84 Å². The number of hydrogen-bond donors (Lipinski definition) is 1. The summed E-state index contributed by atoms with van der Waals surface area (Å²) in [6, 6.07) is 0. The maximum atomic E-state index is 9.76. The van der Waals surface area contributed by atoms with Gasteiger partial charge in [0.15, 0.2) is 0 Å². The predicted octanol–water partition coefficient (Wildman–Crippen LogP) is 2.52. The van der Waals surface area contributed by atoms with Crippen LogP contribution in [-0.4, -0.2) is 23.9 Å². The van der Waals surface area contributed by atoms with Crippen molar-refractivity contribution in [2.24, 2.45) is 0 Å². The molecule has 0 rings (SSSR count). The zero-order valence-corrected chi connectivity index (χ0v) is 9.05. The first-order valence-corrected chi connectivity index (χ1v) is 5.11. The van der Waals surface area contributed by atoms with Gasteiger partial charge in [-0.25, -0.2) is 0 Å². The van der Waals surface area contributed by atoms with Crippen molar-refractivity contribution in [1.82, 2.24) is 0 Å². The molecule has 1 N–H and O–H groups in total. The lowest BCUT2D eigenvalue weighted by molar-refractivity contribution is -0.0336. The van der Waals surface area contributed by atoms with Crippen LogP contribution in [0.5, 0.6) is 0 Å². The van der Waals surface area contributed by atoms with E-state index in [1.54, 1.807) is 0 Å². The van der Waals surface area contributed by atoms with Gasteiger partial charge in [0.1, 0.15) is 0 Å². The molecule has 2 unspecified atom stereocenters. The van der Waals surface area contributed by atoms with Crippen LogP contribution < -0.4 is 0 Å². The zero-order valence-electron chi connectivity index (χ0n) is 9.05. The summed E-state index contributed by atoms with van der Waals surface area (Å²) in [4.78, 5) is 0. The van der Waals surface area contributed by atoms with Crippen molar-refractivity contribution in [3.8, 4) is 0 Å². The highest BCUT2D eigenvalue weighted by molar-refractivity contribution is 4.96. The fourth-order valence-electron chi connectivity index (χ4n) is 1.29. The second-order valence-corrected chi connectivity index (χ2v) is 3.28. The molecule has 78 valence electrons. The molecule has 0 aromatic carbocycles. The molecular formula is C11H22O2. The van der Waals surface area contributed by atoms with Gasteiger partial charge in [0, 0.05) is 6.61 Å². The smallest absolute Gasteiger partial charge is 0.0838 e. The third-order valence-corrected chi connectivity index (χ3v) is 2.21. The van der Waals surface area contributed by atoms with Gasteiger partial charge in [-0.3, -0.25) is 0 Å². The number of rotatable bonds is 7. The van der Waals surface area contributed by atoms with Crippen LogP contribution in [0.2, 0.25) is 0 Å². The number of aliphatic hydroxyl groups is 1. The van der Waals surface area contributed by atoms with Crippen LogP contribution in [0.25, 0.3) is 0 Å². The first-order valence-electron chi connectivity index (χ1n) is 5.11. The van der Waals surface area contributed by atoms with Crippen molar-refractivity contribution in [2.45, 2.75) is 52.2 Å². The van der Waals surface area contributed by atoms with Gasteiger partial charge >= 0.3 is 0 Å². The van der Waals surface area contributed by atoms with E-state index in [0.29, 0.717) is 13.0 Å². The Bertz CT molecular complexity index is 143. The third kappa shape index (κ3) is 5.06. The van der Waals surface area contributed by atoms with Crippen molar-refractivity contribution < 1.29 is 9.84 Å². The molecule has 0 aliphatic rings. The van der Waals surface area contributed by atoms with Gasteiger partial charge in [0.25, 0.3) is 0 Å². The van der Waals surface area contributed by atoms with E-state index in [9.17, 15) is 5.11 Å². The van der Waals surface area contributed by atoms with Crippen LogP contribution in [0.3, 0.4) is 0 Å². The van der Waals surface area contributed by atoms with Crippen LogP contribution in [0.15, 0.2) is 12.2 Å². The lowest BCUT2D eigenvalue weighted by Crippen LogP contribution is -2.28. The lowest BCUT2D eigenvalue weighted by atomic mass is 10.0. The van der Waals surface area contributed by atoms with Crippen molar-refractivity contribution in [2.75, 3.05) is 6.61 Å². The second kappa shape index (κ2) is 7.10. The maximum absolute atomic E-state index is 9.76. The molecule has 0 aliphatic carbocycles. The van der Waals surface area contributed by atoms with Gasteiger partial charge in [-0.15, -0.1) is 0 Å². The molecule has 0 saturated carbocycles. The SMILES string of the molecule is C=C(CC)CC(O)C(CC)OCC. The van der Waals surface area contributed by atoms with E-state index in [-0.39, 0.29) is 6.10 Å². The maximum Gasteiger partial charge on any atom is 0.0838 e. The van der Waals surface area contributed by atoms with Crippen LogP contribution in [0.4, 0.5) is 0 Å². The Morgan fingerprint density at radius 3 is 2.38 bits per heavy atom. The van der Waals surface area contributed by atoms with Gasteiger partial charge in [-0.2, -0.15) is 0 Å². The minimum atomic E-state index is -0.391. The molecule has 0 bridgehead atoms. The molecule has 13 heavy (non-hydrogen) atoms. The Labute approximate surface area is 81.6 Å². The number of ether oxygens (including phenoxy) is 1. The molecule has 0 spiro atoms. The summed E-state index contributed by atoms with van der Waals surface area (Å²) in [6.07, 6.45) is 2.02. The summed E-state index contributed by atoms with van der Waals surface area (Å²) < 4.78 is 5.41. The summed E-state index contributed by atoms with van der Waals surface area (Å²) >= 11 is 0. The topological polar surface area (TPSA) is 29.5 Å². The summed E-state index contributed by atoms with van der Waals surface area (Å²) in [6.45, 7) is 10.6. The minimum absolute atomic E-state index is 0.0340. The van der Waals surface area contributed by atoms with E-state index in [4.69, 9.17) is 4.74 Å². The van der Waals surface area contributed by atoms with E-state index in [1.165, 1.54) is 0 Å². The molecule has 0 fully saturated rings. The molecule has 2 nitrogen and oxygen atoms in total. The van der Waals surface area contributed by atoms with E-state index in [0.717, 1.165) is 18.4 Å². The monoisotopic (exact) mass is 186 g/mol. The van der Waals surface area contributed by atoms with Crippen LogP contribution in [0, 0.1) is 0 Å². The van der Waals surface area contributed by atoms with Crippen molar-refractivity contribution >= 4 is 0 Å². The van der Waals surface area contributed by atoms with Crippen molar-refractivity contribution in [3.63, 3.8) is 0 Å². The minimum Gasteiger partial charge on any atom is -0.390 e. The molecule has 0 aromatic rings. The number of hydrogen-bond acceptors (Lipinski definition) is 2. The molecule has 0 aliphatic heterocycles. The largest absolute Gasteiger partial charge is 0.390 e. The van der Waals surface area contributed by atoms with Gasteiger partial charge in [-0.05, 0) is 26.2 Å². The van der Waals surface area contributed by atoms with E-state index in [1.807, 2.05) is 13.8 Å². The van der Waals surface area contributed by atoms with E-state index >= 15 is 0 Å². The van der Waals surface area contributed by atoms with Crippen LogP contribution in [0.1, 0.15) is 40.0 Å². The molecule has 0 amide bonds. The van der Waals surface area contributed by atoms with Gasteiger partial charge in [-0.1, -0.05) is 26.0 Å². The average molecular weight is 186 g/mol. The van der Waals surface area contributed by atoms with E-state index in [2.05, 4.69) is 13.5 Å². The molecule has 0 heterocycles. The Morgan fingerprint density at radius 2 is 2.00 bits per heavy atom. The fourth-order valence-corrected chi connectivity index (χ4v) is 1.29. The summed E-state index contributed by atoms with van der Waals surface area (Å²) in [5.74, 6) is 0.